The molecule has 2 aliphatic rings. The molecule has 8 heteroatoms. The number of rotatable bonds is 7. The Morgan fingerprint density at radius 2 is 1.97 bits per heavy atom. The highest BCUT2D eigenvalue weighted by Gasteiger charge is 2.45. The van der Waals surface area contributed by atoms with Crippen molar-refractivity contribution in [1.82, 2.24) is 14.5 Å². The number of hydrogen-bond acceptors (Lipinski definition) is 6. The van der Waals surface area contributed by atoms with Gasteiger partial charge in [0.05, 0.1) is 25.1 Å². The summed E-state index contributed by atoms with van der Waals surface area (Å²) < 4.78 is 13.0. The van der Waals surface area contributed by atoms with E-state index in [0.29, 0.717) is 30.8 Å². The lowest BCUT2D eigenvalue weighted by atomic mass is 9.94. The number of ketones is 1. The van der Waals surface area contributed by atoms with Gasteiger partial charge in [-0.15, -0.1) is 0 Å². The number of benzene rings is 2. The van der Waals surface area contributed by atoms with Crippen molar-refractivity contribution in [3.05, 3.63) is 83.4 Å². The van der Waals surface area contributed by atoms with Crippen molar-refractivity contribution >= 4 is 17.4 Å². The Morgan fingerprint density at radius 3 is 2.69 bits per heavy atom. The standard InChI is InChI=1S/C27H27N3O5/c1-17-14-20-15-19(6-9-22(20)35-17)25(31)23-24(18-4-7-21(34-2)8-5-18)30(27(33)26(23)32)12-3-11-29-13-10-28-16-29/h4-10,13,15-17,24,31H,3,11-12,14H2,1-2H3/b25-23+/t17-,24+/m0/s1. The maximum Gasteiger partial charge on any atom is 0.295 e. The van der Waals surface area contributed by atoms with E-state index in [0.717, 1.165) is 23.3 Å². The molecule has 1 saturated heterocycles. The highest BCUT2D eigenvalue weighted by atomic mass is 16.5. The summed E-state index contributed by atoms with van der Waals surface area (Å²) in [5.74, 6) is -0.0323. The Bertz CT molecular complexity index is 1280. The van der Waals surface area contributed by atoms with E-state index in [9.17, 15) is 14.7 Å². The van der Waals surface area contributed by atoms with E-state index in [1.807, 2.05) is 35.9 Å². The SMILES string of the molecule is COc1ccc([C@@H]2/C(=C(\O)c3ccc4c(c3)C[C@H](C)O4)C(=O)C(=O)N2CCCn2ccnc2)cc1. The summed E-state index contributed by atoms with van der Waals surface area (Å²) >= 11 is 0. The van der Waals surface area contributed by atoms with Gasteiger partial charge in [0.25, 0.3) is 11.7 Å². The molecule has 1 fully saturated rings. The predicted molar refractivity (Wildman–Crippen MR) is 129 cm³/mol. The lowest BCUT2D eigenvalue weighted by molar-refractivity contribution is -0.139. The van der Waals surface area contributed by atoms with Gasteiger partial charge in [-0.25, -0.2) is 4.98 Å². The largest absolute Gasteiger partial charge is 0.507 e. The van der Waals surface area contributed by atoms with Crippen LogP contribution in [-0.2, 0) is 22.6 Å². The molecular formula is C27H27N3O5. The van der Waals surface area contributed by atoms with E-state index < -0.39 is 17.7 Å². The quantitative estimate of drug-likeness (QED) is 0.319. The molecule has 1 amide bonds. The van der Waals surface area contributed by atoms with Gasteiger partial charge in [0.1, 0.15) is 23.4 Å². The molecule has 0 spiro atoms. The van der Waals surface area contributed by atoms with Crippen LogP contribution in [0.2, 0.25) is 0 Å². The van der Waals surface area contributed by atoms with Crippen LogP contribution in [0.5, 0.6) is 11.5 Å². The van der Waals surface area contributed by atoms with E-state index in [1.165, 1.54) is 0 Å². The average Bonchev–Trinajstić information content (AvgIpc) is 3.57. The number of amides is 1. The fraction of sp³-hybridized carbons (Fsp3) is 0.296. The number of likely N-dealkylation sites (tertiary alicyclic amines) is 1. The zero-order valence-electron chi connectivity index (χ0n) is 19.7. The minimum Gasteiger partial charge on any atom is -0.507 e. The van der Waals surface area contributed by atoms with Crippen LogP contribution in [-0.4, -0.2) is 51.0 Å². The van der Waals surface area contributed by atoms with Gasteiger partial charge in [0, 0.05) is 37.5 Å². The van der Waals surface area contributed by atoms with Crippen molar-refractivity contribution in [2.24, 2.45) is 0 Å². The van der Waals surface area contributed by atoms with Gasteiger partial charge in [-0.05, 0) is 54.8 Å². The molecule has 5 rings (SSSR count). The number of ether oxygens (including phenoxy) is 2. The molecule has 2 aliphatic heterocycles. The summed E-state index contributed by atoms with van der Waals surface area (Å²) in [7, 11) is 1.58. The molecule has 0 radical (unpaired) electrons. The number of methoxy groups -OCH3 is 1. The van der Waals surface area contributed by atoms with E-state index in [1.54, 1.807) is 48.8 Å². The molecule has 0 unspecified atom stereocenters. The average molecular weight is 474 g/mol. The van der Waals surface area contributed by atoms with E-state index >= 15 is 0 Å². The van der Waals surface area contributed by atoms with Crippen molar-refractivity contribution in [3.8, 4) is 11.5 Å². The van der Waals surface area contributed by atoms with Crippen LogP contribution in [0, 0.1) is 0 Å². The monoisotopic (exact) mass is 473 g/mol. The first-order valence-corrected chi connectivity index (χ1v) is 11.6. The number of hydrogen-bond donors (Lipinski definition) is 1. The lowest BCUT2D eigenvalue weighted by Crippen LogP contribution is -2.31. The summed E-state index contributed by atoms with van der Waals surface area (Å²) in [5.41, 5.74) is 2.29. The number of nitrogens with zero attached hydrogens (tertiary/aromatic N) is 3. The van der Waals surface area contributed by atoms with Crippen molar-refractivity contribution < 1.29 is 24.2 Å². The molecule has 2 atom stereocenters. The minimum atomic E-state index is -0.702. The second-order valence-electron chi connectivity index (χ2n) is 8.87. The molecule has 180 valence electrons. The number of Topliss-reactive ketones (excluding diaryl/α,β-unsaturated/α-hetero) is 1. The second kappa shape index (κ2) is 9.29. The van der Waals surface area contributed by atoms with Crippen LogP contribution in [0.15, 0.2) is 66.8 Å². The maximum atomic E-state index is 13.2. The molecule has 2 aromatic carbocycles. The summed E-state index contributed by atoms with van der Waals surface area (Å²) in [6.07, 6.45) is 6.68. The zero-order valence-corrected chi connectivity index (χ0v) is 19.7. The Hall–Kier alpha value is -4.07. The van der Waals surface area contributed by atoms with E-state index in [-0.39, 0.29) is 17.4 Å². The molecule has 3 aromatic rings. The van der Waals surface area contributed by atoms with Crippen molar-refractivity contribution in [2.75, 3.05) is 13.7 Å². The summed E-state index contributed by atoms with van der Waals surface area (Å²) in [5, 5.41) is 11.3. The van der Waals surface area contributed by atoms with E-state index in [2.05, 4.69) is 4.98 Å². The van der Waals surface area contributed by atoms with Crippen LogP contribution in [0.1, 0.15) is 36.1 Å². The first kappa shape index (κ1) is 22.7. The Labute approximate surface area is 203 Å². The smallest absolute Gasteiger partial charge is 0.295 e. The number of aromatic nitrogens is 2. The van der Waals surface area contributed by atoms with Gasteiger partial charge >= 0.3 is 0 Å². The fourth-order valence-electron chi connectivity index (χ4n) is 4.81. The van der Waals surface area contributed by atoms with Crippen LogP contribution in [0.25, 0.3) is 5.76 Å². The summed E-state index contributed by atoms with van der Waals surface area (Å²) in [4.78, 5) is 32.0. The van der Waals surface area contributed by atoms with Gasteiger partial charge < -0.3 is 24.0 Å². The van der Waals surface area contributed by atoms with Crippen LogP contribution < -0.4 is 9.47 Å². The topological polar surface area (TPSA) is 93.9 Å². The summed E-state index contributed by atoms with van der Waals surface area (Å²) in [6, 6.07) is 11.9. The number of carbonyl (C=O) groups is 2. The van der Waals surface area contributed by atoms with Crippen LogP contribution in [0.4, 0.5) is 0 Å². The first-order valence-electron chi connectivity index (χ1n) is 11.6. The molecule has 0 aliphatic carbocycles. The molecule has 0 bridgehead atoms. The molecule has 1 N–H and O–H groups in total. The first-order chi connectivity index (χ1) is 17.0. The summed E-state index contributed by atoms with van der Waals surface area (Å²) in [6.45, 7) is 2.99. The Kier molecular flexibility index (Phi) is 6.03. The third-order valence-corrected chi connectivity index (χ3v) is 6.52. The number of aliphatic hydroxyl groups is 1. The molecular weight excluding hydrogens is 446 g/mol. The Balaban J connectivity index is 1.53. The fourth-order valence-corrected chi connectivity index (χ4v) is 4.81. The molecule has 0 saturated carbocycles. The minimum absolute atomic E-state index is 0.0581. The normalized spacial score (nSPS) is 20.7. The van der Waals surface area contributed by atoms with Gasteiger partial charge in [-0.3, -0.25) is 9.59 Å². The highest BCUT2D eigenvalue weighted by molar-refractivity contribution is 6.46. The lowest BCUT2D eigenvalue weighted by Gasteiger charge is -2.25. The Morgan fingerprint density at radius 1 is 1.17 bits per heavy atom. The maximum absolute atomic E-state index is 13.2. The highest BCUT2D eigenvalue weighted by Crippen LogP contribution is 2.41. The predicted octanol–water partition coefficient (Wildman–Crippen LogP) is 3.73. The third-order valence-electron chi connectivity index (χ3n) is 6.52. The van der Waals surface area contributed by atoms with E-state index in [4.69, 9.17) is 9.47 Å². The van der Waals surface area contributed by atoms with Crippen molar-refractivity contribution in [2.45, 2.75) is 38.5 Å². The number of aliphatic hydroxyl groups excluding tert-OH is 1. The molecule has 8 nitrogen and oxygen atoms in total. The molecule has 3 heterocycles. The van der Waals surface area contributed by atoms with Crippen LogP contribution in [0.3, 0.4) is 0 Å². The third kappa shape index (κ3) is 4.27. The van der Waals surface area contributed by atoms with Gasteiger partial charge in [0.2, 0.25) is 0 Å². The van der Waals surface area contributed by atoms with Gasteiger partial charge in [-0.2, -0.15) is 0 Å². The van der Waals surface area contributed by atoms with Crippen LogP contribution >= 0.6 is 0 Å². The van der Waals surface area contributed by atoms with Crippen molar-refractivity contribution in [3.63, 3.8) is 0 Å². The molecule has 35 heavy (non-hydrogen) atoms. The van der Waals surface area contributed by atoms with Gasteiger partial charge in [0.15, 0.2) is 0 Å². The van der Waals surface area contributed by atoms with Crippen molar-refractivity contribution in [1.29, 1.82) is 0 Å². The second-order valence-corrected chi connectivity index (χ2v) is 8.87. The zero-order chi connectivity index (χ0) is 24.5. The molecule has 1 aromatic heterocycles. The number of fused-ring (bicyclic) bond motifs is 1. The number of carbonyl (C=O) groups excluding carboxylic acids is 2. The number of imidazole rings is 1. The number of aryl methyl sites for hydroxylation is 1. The van der Waals surface area contributed by atoms with Gasteiger partial charge in [-0.1, -0.05) is 12.1 Å².